The van der Waals surface area contributed by atoms with Crippen LogP contribution < -0.4 is 16.0 Å². The van der Waals surface area contributed by atoms with Crippen LogP contribution in [0.25, 0.3) is 0 Å². The number of nitrogens with two attached hydrogens (primary N) is 1. The van der Waals surface area contributed by atoms with E-state index in [2.05, 4.69) is 10.1 Å². The topological polar surface area (TPSA) is 84.7 Å². The second-order valence-electron chi connectivity index (χ2n) is 4.54. The number of nitrogens with zero attached hydrogens (tertiary/aromatic N) is 1. The number of rotatable bonds is 2. The monoisotopic (exact) mass is 281 g/mol. The Morgan fingerprint density at radius 1 is 1.55 bits per heavy atom. The number of piperazine rings is 1. The molecule has 1 aliphatic heterocycles. The number of ether oxygens (including phenoxy) is 1. The number of carbonyl (C=O) groups excluding carboxylic acids is 2. The quantitative estimate of drug-likeness (QED) is 0.610. The van der Waals surface area contributed by atoms with Gasteiger partial charge in [0, 0.05) is 18.8 Å². The number of amides is 1. The van der Waals surface area contributed by atoms with Crippen molar-refractivity contribution in [1.82, 2.24) is 5.32 Å². The van der Waals surface area contributed by atoms with E-state index in [1.807, 2.05) is 0 Å². The van der Waals surface area contributed by atoms with Crippen molar-refractivity contribution in [1.29, 1.82) is 0 Å². The molecule has 1 aromatic carbocycles. The van der Waals surface area contributed by atoms with Crippen LogP contribution in [-0.2, 0) is 9.53 Å². The zero-order valence-corrected chi connectivity index (χ0v) is 11.3. The summed E-state index contributed by atoms with van der Waals surface area (Å²) < 4.78 is 18.7. The highest BCUT2D eigenvalue weighted by Gasteiger charge is 2.28. The molecule has 1 unspecified atom stereocenters. The first-order valence-electron chi connectivity index (χ1n) is 6.17. The molecular formula is C13H16FN3O3. The lowest BCUT2D eigenvalue weighted by Crippen LogP contribution is -2.54. The second kappa shape index (κ2) is 5.36. The Hall–Kier alpha value is -2.31. The van der Waals surface area contributed by atoms with Crippen LogP contribution >= 0.6 is 0 Å². The summed E-state index contributed by atoms with van der Waals surface area (Å²) in [6.07, 6.45) is 0. The summed E-state index contributed by atoms with van der Waals surface area (Å²) in [6.45, 7) is 2.54. The van der Waals surface area contributed by atoms with Crippen molar-refractivity contribution in [2.75, 3.05) is 30.8 Å². The van der Waals surface area contributed by atoms with Crippen LogP contribution in [0.2, 0.25) is 0 Å². The van der Waals surface area contributed by atoms with Gasteiger partial charge in [0.25, 0.3) is 0 Å². The molecule has 1 atom stereocenters. The number of methoxy groups -OCH3 is 1. The number of hydrogen-bond donors (Lipinski definition) is 2. The third-order valence-corrected chi connectivity index (χ3v) is 3.33. The van der Waals surface area contributed by atoms with E-state index >= 15 is 0 Å². The molecule has 1 amide bonds. The fourth-order valence-electron chi connectivity index (χ4n) is 2.20. The molecule has 1 aliphatic rings. The SMILES string of the molecule is COC(=O)c1cc(N2CCNC(=O)C2C)c(F)cc1N. The van der Waals surface area contributed by atoms with Gasteiger partial charge in [-0.1, -0.05) is 0 Å². The maximum atomic E-state index is 14.1. The van der Waals surface area contributed by atoms with Gasteiger partial charge in [-0.05, 0) is 19.1 Å². The van der Waals surface area contributed by atoms with E-state index in [9.17, 15) is 14.0 Å². The minimum Gasteiger partial charge on any atom is -0.465 e. The highest BCUT2D eigenvalue weighted by molar-refractivity contribution is 5.96. The first-order chi connectivity index (χ1) is 9.45. The van der Waals surface area contributed by atoms with Crippen LogP contribution in [0.1, 0.15) is 17.3 Å². The lowest BCUT2D eigenvalue weighted by molar-refractivity contribution is -0.122. The summed E-state index contributed by atoms with van der Waals surface area (Å²) in [4.78, 5) is 24.8. The molecule has 0 bridgehead atoms. The van der Waals surface area contributed by atoms with E-state index in [1.165, 1.54) is 13.2 Å². The van der Waals surface area contributed by atoms with Crippen molar-refractivity contribution < 1.29 is 18.7 Å². The summed E-state index contributed by atoms with van der Waals surface area (Å²) in [5, 5.41) is 2.69. The molecule has 0 saturated carbocycles. The summed E-state index contributed by atoms with van der Waals surface area (Å²) in [5.74, 6) is -1.40. The van der Waals surface area contributed by atoms with Gasteiger partial charge in [0.1, 0.15) is 11.9 Å². The largest absolute Gasteiger partial charge is 0.465 e. The van der Waals surface area contributed by atoms with E-state index in [0.29, 0.717) is 13.1 Å². The van der Waals surface area contributed by atoms with Crippen LogP contribution in [0, 0.1) is 5.82 Å². The normalized spacial score (nSPS) is 18.6. The molecule has 1 heterocycles. The van der Waals surface area contributed by atoms with Crippen LogP contribution in [0.5, 0.6) is 0 Å². The molecule has 0 radical (unpaired) electrons. The first kappa shape index (κ1) is 14.1. The van der Waals surface area contributed by atoms with Crippen LogP contribution in [0.4, 0.5) is 15.8 Å². The van der Waals surface area contributed by atoms with Crippen LogP contribution in [-0.4, -0.2) is 38.1 Å². The van der Waals surface area contributed by atoms with Gasteiger partial charge >= 0.3 is 5.97 Å². The molecular weight excluding hydrogens is 265 g/mol. The highest BCUT2D eigenvalue weighted by Crippen LogP contribution is 2.28. The minimum absolute atomic E-state index is 0.00668. The van der Waals surface area contributed by atoms with Gasteiger partial charge in [0.2, 0.25) is 5.91 Å². The number of anilines is 2. The maximum absolute atomic E-state index is 14.1. The number of halogens is 1. The summed E-state index contributed by atoms with van der Waals surface area (Å²) in [5.41, 5.74) is 5.88. The van der Waals surface area contributed by atoms with E-state index in [1.54, 1.807) is 11.8 Å². The van der Waals surface area contributed by atoms with Crippen LogP contribution in [0.15, 0.2) is 12.1 Å². The molecule has 0 spiro atoms. The van der Waals surface area contributed by atoms with E-state index in [0.717, 1.165) is 6.07 Å². The van der Waals surface area contributed by atoms with Crippen LogP contribution in [0.3, 0.4) is 0 Å². The van der Waals surface area contributed by atoms with Crippen molar-refractivity contribution >= 4 is 23.3 Å². The van der Waals surface area contributed by atoms with Gasteiger partial charge in [-0.25, -0.2) is 9.18 Å². The van der Waals surface area contributed by atoms with E-state index in [-0.39, 0.29) is 22.8 Å². The van der Waals surface area contributed by atoms with Gasteiger partial charge in [-0.3, -0.25) is 4.79 Å². The van der Waals surface area contributed by atoms with Crippen molar-refractivity contribution in [2.45, 2.75) is 13.0 Å². The molecule has 7 heteroatoms. The minimum atomic E-state index is -0.641. The number of esters is 1. The molecule has 20 heavy (non-hydrogen) atoms. The second-order valence-corrected chi connectivity index (χ2v) is 4.54. The molecule has 108 valence electrons. The lowest BCUT2D eigenvalue weighted by Gasteiger charge is -2.35. The highest BCUT2D eigenvalue weighted by atomic mass is 19.1. The third kappa shape index (κ3) is 2.38. The average Bonchev–Trinajstić information content (AvgIpc) is 2.42. The molecule has 3 N–H and O–H groups in total. The Bertz CT molecular complexity index is 562. The zero-order chi connectivity index (χ0) is 14.9. The molecule has 1 aromatic rings. The van der Waals surface area contributed by atoms with Gasteiger partial charge in [0.15, 0.2) is 0 Å². The average molecular weight is 281 g/mol. The molecule has 1 fully saturated rings. The van der Waals surface area contributed by atoms with Crippen molar-refractivity contribution in [3.05, 3.63) is 23.5 Å². The van der Waals surface area contributed by atoms with Crippen molar-refractivity contribution in [2.24, 2.45) is 0 Å². The molecule has 6 nitrogen and oxygen atoms in total. The summed E-state index contributed by atoms with van der Waals surface area (Å²) in [7, 11) is 1.22. The Morgan fingerprint density at radius 3 is 2.90 bits per heavy atom. The summed E-state index contributed by atoms with van der Waals surface area (Å²) in [6, 6.07) is 1.87. The van der Waals surface area contributed by atoms with E-state index < -0.39 is 17.8 Å². The molecule has 0 aliphatic carbocycles. The zero-order valence-electron chi connectivity index (χ0n) is 11.3. The Morgan fingerprint density at radius 2 is 2.25 bits per heavy atom. The number of nitrogens with one attached hydrogen (secondary N) is 1. The Balaban J connectivity index is 2.45. The fraction of sp³-hybridized carbons (Fsp3) is 0.385. The predicted molar refractivity (Wildman–Crippen MR) is 72.0 cm³/mol. The summed E-state index contributed by atoms with van der Waals surface area (Å²) >= 11 is 0. The Kier molecular flexibility index (Phi) is 3.78. The van der Waals surface area contributed by atoms with Gasteiger partial charge in [-0.2, -0.15) is 0 Å². The van der Waals surface area contributed by atoms with Gasteiger partial charge in [-0.15, -0.1) is 0 Å². The van der Waals surface area contributed by atoms with Gasteiger partial charge in [0.05, 0.1) is 18.4 Å². The molecule has 2 rings (SSSR count). The third-order valence-electron chi connectivity index (χ3n) is 3.33. The van der Waals surface area contributed by atoms with Gasteiger partial charge < -0.3 is 20.7 Å². The number of nitrogen functional groups attached to an aromatic ring is 1. The van der Waals surface area contributed by atoms with E-state index in [4.69, 9.17) is 5.73 Å². The van der Waals surface area contributed by atoms with Crippen molar-refractivity contribution in [3.63, 3.8) is 0 Å². The van der Waals surface area contributed by atoms with Crippen molar-refractivity contribution in [3.8, 4) is 0 Å². The lowest BCUT2D eigenvalue weighted by atomic mass is 10.1. The maximum Gasteiger partial charge on any atom is 0.340 e. The number of hydrogen-bond acceptors (Lipinski definition) is 5. The smallest absolute Gasteiger partial charge is 0.340 e. The Labute approximate surface area is 115 Å². The first-order valence-corrected chi connectivity index (χ1v) is 6.17. The predicted octanol–water partition coefficient (Wildman–Crippen LogP) is 0.519. The molecule has 1 saturated heterocycles. The molecule has 0 aromatic heterocycles. The number of carbonyl (C=O) groups is 2. The fourth-order valence-corrected chi connectivity index (χ4v) is 2.20. The standard InChI is InChI=1S/C13H16FN3O3/c1-7-12(18)16-3-4-17(7)11-5-8(13(19)20-2)10(15)6-9(11)14/h5-7H,3-4,15H2,1-2H3,(H,16,18). The number of benzene rings is 1.